The van der Waals surface area contributed by atoms with E-state index in [1.165, 1.54) is 16.8 Å². The van der Waals surface area contributed by atoms with Gasteiger partial charge in [-0.05, 0) is 24.6 Å². The van der Waals surface area contributed by atoms with Crippen molar-refractivity contribution in [1.29, 1.82) is 0 Å². The van der Waals surface area contributed by atoms with Gasteiger partial charge in [0.1, 0.15) is 0 Å². The molecule has 1 aromatic heterocycles. The fraction of sp³-hybridized carbons (Fsp3) is 0.200. The molecule has 3 aromatic rings. The average Bonchev–Trinajstić information content (AvgIpc) is 3.23. The summed E-state index contributed by atoms with van der Waals surface area (Å²) in [6.07, 6.45) is 4.32. The predicted molar refractivity (Wildman–Crippen MR) is 104 cm³/mol. The summed E-state index contributed by atoms with van der Waals surface area (Å²) < 4.78 is 2.21. The van der Waals surface area contributed by atoms with Crippen molar-refractivity contribution in [3.63, 3.8) is 0 Å². The molecule has 126 valence electrons. The van der Waals surface area contributed by atoms with Crippen LogP contribution in [0.1, 0.15) is 11.1 Å². The van der Waals surface area contributed by atoms with Crippen LogP contribution in [-0.4, -0.2) is 27.1 Å². The molecule has 0 radical (unpaired) electrons. The van der Waals surface area contributed by atoms with Crippen LogP contribution in [0.2, 0.25) is 0 Å². The maximum Gasteiger partial charge on any atom is 0.232 e. The molecule has 25 heavy (non-hydrogen) atoms. The Morgan fingerprint density at radius 2 is 1.80 bits per heavy atom. The topological polar surface area (TPSA) is 34.0 Å². The minimum atomic E-state index is 0.886. The second kappa shape index (κ2) is 7.15. The number of hydrogen-bond acceptors (Lipinski definition) is 4. The number of rotatable bonds is 5. The zero-order valence-corrected chi connectivity index (χ0v) is 15.0. The molecule has 1 aliphatic heterocycles. The number of nitrogens with zero attached hydrogens (tertiary/aromatic N) is 4. The van der Waals surface area contributed by atoms with Crippen LogP contribution in [0.3, 0.4) is 0 Å². The summed E-state index contributed by atoms with van der Waals surface area (Å²) in [6, 6.07) is 18.9. The lowest BCUT2D eigenvalue weighted by Gasteiger charge is -2.15. The molecule has 5 heteroatoms. The summed E-state index contributed by atoms with van der Waals surface area (Å²) in [5.41, 5.74) is 3.67. The molecule has 4 nitrogen and oxygen atoms in total. The van der Waals surface area contributed by atoms with E-state index >= 15 is 0 Å². The first-order chi connectivity index (χ1) is 12.3. The molecular weight excluding hydrogens is 328 g/mol. The average molecular weight is 348 g/mol. The second-order valence-electron chi connectivity index (χ2n) is 6.05. The number of aryl methyl sites for hydroxylation is 1. The third-order valence-electron chi connectivity index (χ3n) is 4.25. The lowest BCUT2D eigenvalue weighted by atomic mass is 10.2. The van der Waals surface area contributed by atoms with Crippen molar-refractivity contribution < 1.29 is 0 Å². The van der Waals surface area contributed by atoms with Crippen LogP contribution in [0.4, 0.5) is 11.6 Å². The summed E-state index contributed by atoms with van der Waals surface area (Å²) >= 11 is 1.73. The van der Waals surface area contributed by atoms with E-state index in [2.05, 4.69) is 87.3 Å². The van der Waals surface area contributed by atoms with E-state index in [1.807, 2.05) is 6.07 Å². The summed E-state index contributed by atoms with van der Waals surface area (Å²) in [6.45, 7) is 3.98. The third-order valence-corrected chi connectivity index (χ3v) is 5.17. The maximum atomic E-state index is 4.41. The molecule has 4 rings (SSSR count). The molecule has 0 fully saturated rings. The van der Waals surface area contributed by atoms with E-state index in [1.54, 1.807) is 11.8 Å². The van der Waals surface area contributed by atoms with Gasteiger partial charge in [-0.3, -0.25) is 4.57 Å². The molecule has 0 spiro atoms. The second-order valence-corrected chi connectivity index (χ2v) is 7.03. The minimum Gasteiger partial charge on any atom is -0.309 e. The van der Waals surface area contributed by atoms with Gasteiger partial charge in [0.15, 0.2) is 5.16 Å². The van der Waals surface area contributed by atoms with Crippen LogP contribution in [0.15, 0.2) is 65.8 Å². The van der Waals surface area contributed by atoms with Gasteiger partial charge >= 0.3 is 0 Å². The highest BCUT2D eigenvalue weighted by Crippen LogP contribution is 2.32. The Morgan fingerprint density at radius 1 is 1.00 bits per heavy atom. The lowest BCUT2D eigenvalue weighted by Crippen LogP contribution is -2.14. The highest BCUT2D eigenvalue weighted by molar-refractivity contribution is 7.99. The van der Waals surface area contributed by atoms with Gasteiger partial charge in [-0.25, -0.2) is 0 Å². The normalized spacial score (nSPS) is 13.6. The zero-order valence-electron chi connectivity index (χ0n) is 14.2. The number of aromatic nitrogens is 3. The number of benzene rings is 2. The van der Waals surface area contributed by atoms with Gasteiger partial charge in [0, 0.05) is 24.5 Å². The van der Waals surface area contributed by atoms with Crippen molar-refractivity contribution in [2.75, 3.05) is 17.2 Å². The quantitative estimate of drug-likeness (QED) is 0.634. The summed E-state index contributed by atoms with van der Waals surface area (Å²) in [4.78, 5) is 2.23. The van der Waals surface area contributed by atoms with Crippen LogP contribution >= 0.6 is 11.8 Å². The van der Waals surface area contributed by atoms with Crippen molar-refractivity contribution in [2.45, 2.75) is 18.6 Å². The van der Waals surface area contributed by atoms with E-state index in [9.17, 15) is 0 Å². The van der Waals surface area contributed by atoms with Crippen molar-refractivity contribution in [3.8, 4) is 0 Å². The molecule has 0 atom stereocenters. The first-order valence-electron chi connectivity index (χ1n) is 8.43. The zero-order chi connectivity index (χ0) is 17.1. The summed E-state index contributed by atoms with van der Waals surface area (Å²) in [5.74, 6) is 1.83. The molecule has 0 aliphatic carbocycles. The smallest absolute Gasteiger partial charge is 0.232 e. The molecule has 2 aromatic carbocycles. The highest BCUT2D eigenvalue weighted by Gasteiger charge is 2.25. The van der Waals surface area contributed by atoms with Gasteiger partial charge in [-0.1, -0.05) is 71.9 Å². The number of hydrogen-bond donors (Lipinski definition) is 0. The molecule has 0 unspecified atom stereocenters. The van der Waals surface area contributed by atoms with Crippen LogP contribution < -0.4 is 4.90 Å². The van der Waals surface area contributed by atoms with Crippen LogP contribution in [0, 0.1) is 6.92 Å². The van der Waals surface area contributed by atoms with Gasteiger partial charge in [-0.2, -0.15) is 0 Å². The Morgan fingerprint density at radius 3 is 2.60 bits per heavy atom. The van der Waals surface area contributed by atoms with Crippen molar-refractivity contribution >= 4 is 29.5 Å². The Hall–Kier alpha value is -2.53. The van der Waals surface area contributed by atoms with Crippen molar-refractivity contribution in [2.24, 2.45) is 0 Å². The van der Waals surface area contributed by atoms with Crippen molar-refractivity contribution in [1.82, 2.24) is 14.8 Å². The Bertz CT molecular complexity index is 868. The molecule has 2 heterocycles. The van der Waals surface area contributed by atoms with E-state index in [4.69, 9.17) is 0 Å². The largest absolute Gasteiger partial charge is 0.309 e. The summed E-state index contributed by atoms with van der Waals surface area (Å²) in [7, 11) is 0. The maximum absolute atomic E-state index is 4.41. The SMILES string of the molecule is Cc1ccc(N2CCn3c(SC/C=C/c4ccccc4)nnc32)cc1. The van der Waals surface area contributed by atoms with Crippen molar-refractivity contribution in [3.05, 3.63) is 71.8 Å². The Balaban J connectivity index is 1.43. The van der Waals surface area contributed by atoms with Gasteiger partial charge in [0.25, 0.3) is 0 Å². The fourth-order valence-corrected chi connectivity index (χ4v) is 3.69. The standard InChI is InChI=1S/C20H20N4S/c1-16-9-11-18(12-10-16)23-13-14-24-19(23)21-22-20(24)25-15-5-8-17-6-3-2-4-7-17/h2-12H,13-15H2,1H3/b8-5+. The van der Waals surface area contributed by atoms with E-state index in [0.29, 0.717) is 0 Å². The fourth-order valence-electron chi connectivity index (χ4n) is 2.92. The molecule has 0 saturated carbocycles. The first-order valence-corrected chi connectivity index (χ1v) is 9.41. The number of anilines is 2. The summed E-state index contributed by atoms with van der Waals surface area (Å²) in [5, 5.41) is 9.77. The lowest BCUT2D eigenvalue weighted by molar-refractivity contribution is 0.704. The van der Waals surface area contributed by atoms with E-state index in [0.717, 1.165) is 29.9 Å². The number of thioether (sulfide) groups is 1. The Labute approximate surface area is 152 Å². The molecule has 0 N–H and O–H groups in total. The van der Waals surface area contributed by atoms with Gasteiger partial charge in [0.05, 0.1) is 0 Å². The third kappa shape index (κ3) is 3.46. The van der Waals surface area contributed by atoms with Crippen LogP contribution in [0.25, 0.3) is 6.08 Å². The van der Waals surface area contributed by atoms with Crippen LogP contribution in [0.5, 0.6) is 0 Å². The Kier molecular flexibility index (Phi) is 4.57. The monoisotopic (exact) mass is 348 g/mol. The highest BCUT2D eigenvalue weighted by atomic mass is 32.2. The minimum absolute atomic E-state index is 0.886. The molecule has 1 aliphatic rings. The number of fused-ring (bicyclic) bond motifs is 1. The molecular formula is C20H20N4S. The van der Waals surface area contributed by atoms with Crippen LogP contribution in [-0.2, 0) is 6.54 Å². The first kappa shape index (κ1) is 16.0. The molecule has 0 amide bonds. The predicted octanol–water partition coefficient (Wildman–Crippen LogP) is 4.54. The van der Waals surface area contributed by atoms with Gasteiger partial charge < -0.3 is 4.90 Å². The molecule has 0 saturated heterocycles. The molecule has 0 bridgehead atoms. The van der Waals surface area contributed by atoms with E-state index < -0.39 is 0 Å². The van der Waals surface area contributed by atoms with E-state index in [-0.39, 0.29) is 0 Å². The van der Waals surface area contributed by atoms with Gasteiger partial charge in [0.2, 0.25) is 5.95 Å². The van der Waals surface area contributed by atoms with Gasteiger partial charge in [-0.15, -0.1) is 10.2 Å².